The number of hydrogen-bond donors (Lipinski definition) is 2. The van der Waals surface area contributed by atoms with E-state index in [1.165, 1.54) is 18.5 Å². The number of aliphatic hydroxyl groups excluding tert-OH is 1. The lowest BCUT2D eigenvalue weighted by Gasteiger charge is -2.38. The number of nitrogens with one attached hydrogen (secondary N) is 1. The topological polar surface area (TPSA) is 90.8 Å². The summed E-state index contributed by atoms with van der Waals surface area (Å²) in [6.07, 6.45) is 3.40. The summed E-state index contributed by atoms with van der Waals surface area (Å²) in [5.41, 5.74) is 2.36. The molecule has 2 fully saturated rings. The minimum Gasteiger partial charge on any atom is -0.387 e. The molecule has 1 amide bonds. The van der Waals surface area contributed by atoms with Crippen molar-refractivity contribution in [2.75, 3.05) is 50.8 Å². The molecule has 2 aromatic rings. The number of amides is 1. The van der Waals surface area contributed by atoms with Crippen LogP contribution in [0.5, 0.6) is 0 Å². The number of ether oxygens (including phenoxy) is 1. The molecule has 3 atom stereocenters. The van der Waals surface area contributed by atoms with Gasteiger partial charge in [0.2, 0.25) is 5.91 Å². The lowest BCUT2D eigenvalue weighted by atomic mass is 9.95. The highest BCUT2D eigenvalue weighted by Crippen LogP contribution is 2.42. The van der Waals surface area contributed by atoms with E-state index in [0.29, 0.717) is 57.9 Å². The van der Waals surface area contributed by atoms with Crippen LogP contribution in [0.25, 0.3) is 0 Å². The van der Waals surface area contributed by atoms with E-state index in [0.717, 1.165) is 29.9 Å². The van der Waals surface area contributed by atoms with E-state index in [2.05, 4.69) is 27.1 Å². The molecule has 2 aliphatic heterocycles. The number of nitrogens with zero attached hydrogens (tertiary/aromatic N) is 4. The zero-order chi connectivity index (χ0) is 25.2. The van der Waals surface area contributed by atoms with Gasteiger partial charge in [-0.25, -0.2) is 14.4 Å². The summed E-state index contributed by atoms with van der Waals surface area (Å²) in [4.78, 5) is 26.6. The average Bonchev–Trinajstić information content (AvgIpc) is 3.20. The van der Waals surface area contributed by atoms with Crippen molar-refractivity contribution in [2.24, 2.45) is 0 Å². The number of halogens is 2. The molecule has 0 bridgehead atoms. The Morgan fingerprint density at radius 3 is 2.72 bits per heavy atom. The first kappa shape index (κ1) is 25.3. The van der Waals surface area contributed by atoms with Gasteiger partial charge in [0.05, 0.1) is 22.7 Å². The average molecular weight is 518 g/mol. The highest BCUT2D eigenvalue weighted by atomic mass is 35.5. The number of carbonyl (C=O) groups excluding carboxylic acids is 1. The van der Waals surface area contributed by atoms with Gasteiger partial charge in [0.25, 0.3) is 0 Å². The number of aliphatic hydroxyl groups is 1. The Labute approximate surface area is 215 Å². The van der Waals surface area contributed by atoms with Crippen LogP contribution in [0.2, 0.25) is 5.02 Å². The standard InChI is InChI=1S/C26H33ClFN5O3/c1-16-12-22(34)24-23(16)25(31-15-30-24)32-6-8-33(9-7-32)26(35)19(14-29-18-4-10-36-11-5-18)17-2-3-20(27)21(28)13-17/h2-3,13,15-16,18-19,22,29,34H,4-12,14H2,1H3/t16?,19-,22+/m1/s1. The first-order valence-electron chi connectivity index (χ1n) is 12.7. The first-order chi connectivity index (χ1) is 17.4. The first-order valence-corrected chi connectivity index (χ1v) is 13.1. The van der Waals surface area contributed by atoms with Crippen molar-refractivity contribution in [2.45, 2.75) is 50.2 Å². The number of rotatable bonds is 6. The molecular weight excluding hydrogens is 485 g/mol. The van der Waals surface area contributed by atoms with E-state index in [9.17, 15) is 14.3 Å². The van der Waals surface area contributed by atoms with Crippen LogP contribution in [0.15, 0.2) is 24.5 Å². The van der Waals surface area contributed by atoms with Gasteiger partial charge in [-0.3, -0.25) is 4.79 Å². The quantitative estimate of drug-likeness (QED) is 0.608. The van der Waals surface area contributed by atoms with E-state index in [1.807, 2.05) is 4.90 Å². The molecule has 5 rings (SSSR count). The summed E-state index contributed by atoms with van der Waals surface area (Å²) < 4.78 is 19.8. The molecule has 194 valence electrons. The van der Waals surface area contributed by atoms with Crippen molar-refractivity contribution in [3.63, 3.8) is 0 Å². The minimum atomic E-state index is -0.552. The predicted octanol–water partition coefficient (Wildman–Crippen LogP) is 3.01. The lowest BCUT2D eigenvalue weighted by molar-refractivity contribution is -0.133. The molecule has 3 aliphatic rings. The Hall–Kier alpha value is -2.33. The molecule has 1 aromatic carbocycles. The van der Waals surface area contributed by atoms with Gasteiger partial charge in [-0.2, -0.15) is 0 Å². The van der Waals surface area contributed by atoms with E-state index < -0.39 is 17.8 Å². The van der Waals surface area contributed by atoms with Crippen molar-refractivity contribution in [1.29, 1.82) is 0 Å². The number of anilines is 1. The number of hydrogen-bond acceptors (Lipinski definition) is 7. The van der Waals surface area contributed by atoms with Crippen molar-refractivity contribution in [1.82, 2.24) is 20.2 Å². The van der Waals surface area contributed by atoms with Gasteiger partial charge in [-0.05, 0) is 42.9 Å². The second kappa shape index (κ2) is 11.0. The molecule has 0 saturated carbocycles. The molecule has 0 radical (unpaired) electrons. The zero-order valence-corrected chi connectivity index (χ0v) is 21.3. The van der Waals surface area contributed by atoms with Gasteiger partial charge < -0.3 is 25.0 Å². The van der Waals surface area contributed by atoms with Gasteiger partial charge in [0.1, 0.15) is 18.0 Å². The highest BCUT2D eigenvalue weighted by Gasteiger charge is 2.35. The van der Waals surface area contributed by atoms with E-state index in [4.69, 9.17) is 16.3 Å². The number of aromatic nitrogens is 2. The van der Waals surface area contributed by atoms with Crippen molar-refractivity contribution >= 4 is 23.3 Å². The molecule has 1 aromatic heterocycles. The zero-order valence-electron chi connectivity index (χ0n) is 20.5. The van der Waals surface area contributed by atoms with E-state index in [-0.39, 0.29) is 22.9 Å². The smallest absolute Gasteiger partial charge is 0.231 e. The van der Waals surface area contributed by atoms with Crippen LogP contribution in [0.4, 0.5) is 10.2 Å². The molecule has 2 saturated heterocycles. The molecular formula is C26H33ClFN5O3. The molecule has 8 nitrogen and oxygen atoms in total. The highest BCUT2D eigenvalue weighted by molar-refractivity contribution is 6.30. The summed E-state index contributed by atoms with van der Waals surface area (Å²) in [6, 6.07) is 4.92. The Bertz CT molecular complexity index is 1090. The maximum Gasteiger partial charge on any atom is 0.231 e. The van der Waals surface area contributed by atoms with Crippen molar-refractivity contribution < 1.29 is 19.0 Å². The van der Waals surface area contributed by atoms with Crippen LogP contribution in [0.3, 0.4) is 0 Å². The van der Waals surface area contributed by atoms with E-state index in [1.54, 1.807) is 6.07 Å². The van der Waals surface area contributed by atoms with E-state index >= 15 is 0 Å². The van der Waals surface area contributed by atoms with Crippen LogP contribution >= 0.6 is 11.6 Å². The van der Waals surface area contributed by atoms with Gasteiger partial charge in [0, 0.05) is 57.5 Å². The normalized spacial score (nSPS) is 23.6. The van der Waals surface area contributed by atoms with Gasteiger partial charge in [0.15, 0.2) is 0 Å². The monoisotopic (exact) mass is 517 g/mol. The van der Waals surface area contributed by atoms with Crippen molar-refractivity contribution in [3.05, 3.63) is 52.2 Å². The van der Waals surface area contributed by atoms with Crippen LogP contribution < -0.4 is 10.2 Å². The minimum absolute atomic E-state index is 0.0207. The number of piperazine rings is 1. The summed E-state index contributed by atoms with van der Waals surface area (Å²) in [5.74, 6) is -0.00555. The molecule has 10 heteroatoms. The third-order valence-electron chi connectivity index (χ3n) is 7.65. The molecule has 36 heavy (non-hydrogen) atoms. The predicted molar refractivity (Wildman–Crippen MR) is 135 cm³/mol. The van der Waals surface area contributed by atoms with Crippen LogP contribution in [-0.4, -0.2) is 77.9 Å². The third-order valence-corrected chi connectivity index (χ3v) is 7.95. The molecule has 3 heterocycles. The largest absolute Gasteiger partial charge is 0.387 e. The fourth-order valence-corrected chi connectivity index (χ4v) is 5.69. The Balaban J connectivity index is 1.29. The third kappa shape index (κ3) is 5.20. The van der Waals surface area contributed by atoms with Gasteiger partial charge in [-0.1, -0.05) is 24.6 Å². The summed E-state index contributed by atoms with van der Waals surface area (Å²) in [5, 5.41) is 13.9. The summed E-state index contributed by atoms with van der Waals surface area (Å²) in [6.45, 7) is 6.27. The lowest BCUT2D eigenvalue weighted by Crippen LogP contribution is -2.52. The Morgan fingerprint density at radius 1 is 1.25 bits per heavy atom. The van der Waals surface area contributed by atoms with Gasteiger partial charge in [-0.15, -0.1) is 0 Å². The van der Waals surface area contributed by atoms with Crippen LogP contribution in [-0.2, 0) is 9.53 Å². The SMILES string of the molecule is CC1C[C@H](O)c2ncnc(N3CCN(C(=O)[C@H](CNC4CCOCC4)c4ccc(Cl)c(F)c4)CC3)c21. The molecule has 1 unspecified atom stereocenters. The molecule has 2 N–H and O–H groups in total. The second-order valence-corrected chi connectivity index (χ2v) is 10.4. The fraction of sp³-hybridized carbons (Fsp3) is 0.577. The Kier molecular flexibility index (Phi) is 7.71. The fourth-order valence-electron chi connectivity index (χ4n) is 5.58. The molecule has 1 aliphatic carbocycles. The second-order valence-electron chi connectivity index (χ2n) is 9.98. The maximum absolute atomic E-state index is 14.3. The Morgan fingerprint density at radius 2 is 2.00 bits per heavy atom. The summed E-state index contributed by atoms with van der Waals surface area (Å²) in [7, 11) is 0. The number of carbonyl (C=O) groups is 1. The number of fused-ring (bicyclic) bond motifs is 1. The number of benzene rings is 1. The van der Waals surface area contributed by atoms with Crippen molar-refractivity contribution in [3.8, 4) is 0 Å². The maximum atomic E-state index is 14.3. The molecule has 0 spiro atoms. The van der Waals surface area contributed by atoms with Crippen LogP contribution in [0, 0.1) is 5.82 Å². The van der Waals surface area contributed by atoms with Gasteiger partial charge >= 0.3 is 0 Å². The van der Waals surface area contributed by atoms with Crippen LogP contribution in [0.1, 0.15) is 60.9 Å². The summed E-state index contributed by atoms with van der Waals surface area (Å²) >= 11 is 5.91.